The number of esters is 1. The molecule has 0 fully saturated rings. The lowest BCUT2D eigenvalue weighted by molar-refractivity contribution is -0.158. The molecule has 4 nitrogen and oxygen atoms in total. The van der Waals surface area contributed by atoms with Gasteiger partial charge in [0.05, 0.1) is 6.61 Å². The van der Waals surface area contributed by atoms with Crippen LogP contribution in [-0.4, -0.2) is 23.2 Å². The highest BCUT2D eigenvalue weighted by Crippen LogP contribution is 2.17. The molecule has 0 radical (unpaired) electrons. The summed E-state index contributed by atoms with van der Waals surface area (Å²) in [5.74, 6) is 0.0383. The van der Waals surface area contributed by atoms with Crippen LogP contribution in [0.4, 0.5) is 0 Å². The van der Waals surface area contributed by atoms with Crippen molar-refractivity contribution < 1.29 is 14.3 Å². The van der Waals surface area contributed by atoms with E-state index in [-0.39, 0.29) is 0 Å². The van der Waals surface area contributed by atoms with Crippen LogP contribution < -0.4 is 4.74 Å². The lowest BCUT2D eigenvalue weighted by atomic mass is 10.1. The maximum atomic E-state index is 11.6. The van der Waals surface area contributed by atoms with Gasteiger partial charge in [-0.3, -0.25) is 0 Å². The second-order valence-corrected chi connectivity index (χ2v) is 3.95. The fourth-order valence-corrected chi connectivity index (χ4v) is 1.18. The average Bonchev–Trinajstić information content (AvgIpc) is 2.17. The van der Waals surface area contributed by atoms with Gasteiger partial charge in [0.1, 0.15) is 0 Å². The van der Waals surface area contributed by atoms with Crippen LogP contribution in [0.5, 0.6) is 5.88 Å². The van der Waals surface area contributed by atoms with Crippen molar-refractivity contribution in [3.05, 3.63) is 23.9 Å². The second-order valence-electron chi connectivity index (χ2n) is 3.95. The average molecular weight is 223 g/mol. The van der Waals surface area contributed by atoms with Gasteiger partial charge in [0, 0.05) is 11.8 Å². The van der Waals surface area contributed by atoms with Crippen molar-refractivity contribution in [3.8, 4) is 5.88 Å². The van der Waals surface area contributed by atoms with Crippen LogP contribution in [0.2, 0.25) is 0 Å². The van der Waals surface area contributed by atoms with Gasteiger partial charge in [0.15, 0.2) is 0 Å². The second kappa shape index (κ2) is 4.96. The van der Waals surface area contributed by atoms with E-state index >= 15 is 0 Å². The molecule has 0 saturated carbocycles. The molecule has 0 aromatic carbocycles. The number of rotatable bonds is 4. The standard InChI is InChI=1S/C12H17NO3/c1-5-15-11(14)12(3,4)16-10-8-6-7-9(2)13-10/h6-8H,5H2,1-4H3. The SMILES string of the molecule is CCOC(=O)C(C)(C)Oc1cccc(C)n1. The van der Waals surface area contributed by atoms with Gasteiger partial charge in [0.2, 0.25) is 11.5 Å². The van der Waals surface area contributed by atoms with E-state index in [2.05, 4.69) is 4.98 Å². The number of nitrogens with zero attached hydrogens (tertiary/aromatic N) is 1. The van der Waals surface area contributed by atoms with Gasteiger partial charge in [0.25, 0.3) is 0 Å². The van der Waals surface area contributed by atoms with Crippen LogP contribution in [0.15, 0.2) is 18.2 Å². The summed E-state index contributed by atoms with van der Waals surface area (Å²) >= 11 is 0. The van der Waals surface area contributed by atoms with E-state index in [4.69, 9.17) is 9.47 Å². The smallest absolute Gasteiger partial charge is 0.349 e. The van der Waals surface area contributed by atoms with Crippen LogP contribution in [0.1, 0.15) is 26.5 Å². The molecule has 1 rings (SSSR count). The molecule has 1 aromatic rings. The Hall–Kier alpha value is -1.58. The zero-order valence-corrected chi connectivity index (χ0v) is 10.1. The van der Waals surface area contributed by atoms with Crippen LogP contribution in [0, 0.1) is 6.92 Å². The quantitative estimate of drug-likeness (QED) is 0.733. The number of hydrogen-bond acceptors (Lipinski definition) is 4. The minimum Gasteiger partial charge on any atom is -0.463 e. The number of pyridine rings is 1. The molecular weight excluding hydrogens is 206 g/mol. The van der Waals surface area contributed by atoms with Crippen molar-refractivity contribution in [2.75, 3.05) is 6.61 Å². The fraction of sp³-hybridized carbons (Fsp3) is 0.500. The minimum atomic E-state index is -1.02. The van der Waals surface area contributed by atoms with Gasteiger partial charge in [-0.2, -0.15) is 0 Å². The van der Waals surface area contributed by atoms with E-state index in [9.17, 15) is 4.79 Å². The van der Waals surface area contributed by atoms with E-state index < -0.39 is 11.6 Å². The molecule has 0 unspecified atom stereocenters. The third-order valence-corrected chi connectivity index (χ3v) is 1.99. The number of hydrogen-bond donors (Lipinski definition) is 0. The first-order valence-corrected chi connectivity index (χ1v) is 5.25. The summed E-state index contributed by atoms with van der Waals surface area (Å²) in [4.78, 5) is 15.7. The normalized spacial score (nSPS) is 11.0. The molecule has 0 N–H and O–H groups in total. The first kappa shape index (κ1) is 12.5. The number of aryl methyl sites for hydroxylation is 1. The Morgan fingerprint density at radius 1 is 1.44 bits per heavy atom. The summed E-state index contributed by atoms with van der Waals surface area (Å²) in [7, 11) is 0. The maximum absolute atomic E-state index is 11.6. The van der Waals surface area contributed by atoms with Gasteiger partial charge >= 0.3 is 5.97 Å². The van der Waals surface area contributed by atoms with Gasteiger partial charge in [-0.05, 0) is 33.8 Å². The maximum Gasteiger partial charge on any atom is 0.349 e. The van der Waals surface area contributed by atoms with Crippen LogP contribution in [0.3, 0.4) is 0 Å². The van der Waals surface area contributed by atoms with Gasteiger partial charge in [-0.15, -0.1) is 0 Å². The number of ether oxygens (including phenoxy) is 2. The molecule has 1 heterocycles. The Labute approximate surface area is 95.6 Å². The Balaban J connectivity index is 2.75. The third-order valence-electron chi connectivity index (χ3n) is 1.99. The zero-order valence-electron chi connectivity index (χ0n) is 10.1. The molecule has 88 valence electrons. The van der Waals surface area contributed by atoms with E-state index in [1.165, 1.54) is 0 Å². The summed E-state index contributed by atoms with van der Waals surface area (Å²) in [6.07, 6.45) is 0. The van der Waals surface area contributed by atoms with Crippen LogP contribution >= 0.6 is 0 Å². The van der Waals surface area contributed by atoms with E-state index in [1.807, 2.05) is 19.1 Å². The van der Waals surface area contributed by atoms with Crippen molar-refractivity contribution in [2.45, 2.75) is 33.3 Å². The summed E-state index contributed by atoms with van der Waals surface area (Å²) in [5.41, 5.74) is -0.172. The Morgan fingerprint density at radius 3 is 2.69 bits per heavy atom. The molecule has 0 spiro atoms. The highest BCUT2D eigenvalue weighted by Gasteiger charge is 2.31. The molecule has 0 amide bonds. The lowest BCUT2D eigenvalue weighted by Crippen LogP contribution is -2.40. The molecule has 16 heavy (non-hydrogen) atoms. The first-order chi connectivity index (χ1) is 7.45. The number of carbonyl (C=O) groups excluding carboxylic acids is 1. The molecule has 0 saturated heterocycles. The lowest BCUT2D eigenvalue weighted by Gasteiger charge is -2.23. The van der Waals surface area contributed by atoms with Gasteiger partial charge in [-0.25, -0.2) is 9.78 Å². The number of aromatic nitrogens is 1. The van der Waals surface area contributed by atoms with Crippen molar-refractivity contribution >= 4 is 5.97 Å². The monoisotopic (exact) mass is 223 g/mol. The van der Waals surface area contributed by atoms with Crippen LogP contribution in [-0.2, 0) is 9.53 Å². The van der Waals surface area contributed by atoms with E-state index in [1.54, 1.807) is 26.8 Å². The van der Waals surface area contributed by atoms with Crippen molar-refractivity contribution in [1.82, 2.24) is 4.98 Å². The summed E-state index contributed by atoms with van der Waals surface area (Å²) in [5, 5.41) is 0. The molecule has 4 heteroatoms. The summed E-state index contributed by atoms with van der Waals surface area (Å²) in [6.45, 7) is 7.29. The summed E-state index contributed by atoms with van der Waals surface area (Å²) in [6, 6.07) is 5.41. The van der Waals surface area contributed by atoms with Crippen molar-refractivity contribution in [3.63, 3.8) is 0 Å². The molecule has 0 aliphatic carbocycles. The highest BCUT2D eigenvalue weighted by atomic mass is 16.6. The van der Waals surface area contributed by atoms with Crippen molar-refractivity contribution in [2.24, 2.45) is 0 Å². The molecule has 0 aliphatic heterocycles. The summed E-state index contributed by atoms with van der Waals surface area (Å²) < 4.78 is 10.4. The van der Waals surface area contributed by atoms with Crippen molar-refractivity contribution in [1.29, 1.82) is 0 Å². The first-order valence-electron chi connectivity index (χ1n) is 5.25. The molecule has 1 aromatic heterocycles. The molecule has 0 atom stereocenters. The molecule has 0 bridgehead atoms. The number of carbonyl (C=O) groups is 1. The Kier molecular flexibility index (Phi) is 3.88. The third kappa shape index (κ3) is 3.22. The predicted molar refractivity (Wildman–Crippen MR) is 60.3 cm³/mol. The predicted octanol–water partition coefficient (Wildman–Crippen LogP) is 2.11. The zero-order chi connectivity index (χ0) is 12.2. The Bertz CT molecular complexity index is 374. The topological polar surface area (TPSA) is 48.4 Å². The highest BCUT2D eigenvalue weighted by molar-refractivity contribution is 5.78. The Morgan fingerprint density at radius 2 is 2.12 bits per heavy atom. The van der Waals surface area contributed by atoms with Crippen LogP contribution in [0.25, 0.3) is 0 Å². The van der Waals surface area contributed by atoms with Gasteiger partial charge in [-0.1, -0.05) is 6.07 Å². The van der Waals surface area contributed by atoms with E-state index in [0.717, 1.165) is 5.69 Å². The fourth-order valence-electron chi connectivity index (χ4n) is 1.18. The molecule has 0 aliphatic rings. The minimum absolute atomic E-state index is 0.340. The van der Waals surface area contributed by atoms with E-state index in [0.29, 0.717) is 12.5 Å². The molecular formula is C12H17NO3. The largest absolute Gasteiger partial charge is 0.463 e. The van der Waals surface area contributed by atoms with Gasteiger partial charge < -0.3 is 9.47 Å².